The van der Waals surface area contributed by atoms with Gasteiger partial charge in [0.25, 0.3) is 6.47 Å². The van der Waals surface area contributed by atoms with E-state index in [0.717, 1.165) is 70.8 Å². The average Bonchev–Trinajstić information content (AvgIpc) is 3.39. The fourth-order valence-corrected chi connectivity index (χ4v) is 7.47. The summed E-state index contributed by atoms with van der Waals surface area (Å²) < 4.78 is 18.9. The van der Waals surface area contributed by atoms with Crippen molar-refractivity contribution in [3.05, 3.63) is 106 Å². The third-order valence-corrected chi connectivity index (χ3v) is 10.5. The van der Waals surface area contributed by atoms with Gasteiger partial charge in [-0.25, -0.2) is 0 Å². The van der Waals surface area contributed by atoms with Crippen LogP contribution in [-0.2, 0) is 24.6 Å². The Balaban J connectivity index is 0.00000181. The zero-order valence-electron chi connectivity index (χ0n) is 31.4. The monoisotopic (exact) mass is 754 g/mol. The van der Waals surface area contributed by atoms with Crippen LogP contribution >= 0.6 is 11.6 Å². The third kappa shape index (κ3) is 11.0. The van der Waals surface area contributed by atoms with Gasteiger partial charge in [0, 0.05) is 60.3 Å². The van der Waals surface area contributed by atoms with Gasteiger partial charge in [0.05, 0.1) is 23.8 Å². The van der Waals surface area contributed by atoms with Crippen molar-refractivity contribution < 1.29 is 29.2 Å². The van der Waals surface area contributed by atoms with E-state index in [-0.39, 0.29) is 19.7 Å². The molecular formula is C43H51ClN4O6. The number of aromatic nitrogens is 1. The number of carboxylic acid groups (broad SMARTS) is 1. The fraction of sp³-hybridized carbons (Fsp3) is 0.419. The number of ether oxygens (including phenoxy) is 3. The Hall–Kier alpha value is -4.66. The fourth-order valence-electron chi connectivity index (χ4n) is 7.23. The number of hydrogen-bond acceptors (Lipinski definition) is 9. The molecule has 11 heteroatoms. The molecule has 0 radical (unpaired) electrons. The average molecular weight is 755 g/mol. The summed E-state index contributed by atoms with van der Waals surface area (Å²) in [6.07, 6.45) is 11.1. The molecule has 2 fully saturated rings. The number of nitrogens with one attached hydrogen (secondary N) is 1. The number of nitriles is 1. The van der Waals surface area contributed by atoms with Gasteiger partial charge in [0.1, 0.15) is 36.5 Å². The lowest BCUT2D eigenvalue weighted by molar-refractivity contribution is -0.122. The van der Waals surface area contributed by atoms with Gasteiger partial charge in [0.15, 0.2) is 0 Å². The molecule has 6 rings (SSSR count). The van der Waals surface area contributed by atoms with E-state index in [1.54, 1.807) is 12.3 Å². The molecule has 3 aromatic carbocycles. The second-order valence-electron chi connectivity index (χ2n) is 14.5. The summed E-state index contributed by atoms with van der Waals surface area (Å²) in [5.74, 6) is 1.98. The third-order valence-electron chi connectivity index (χ3n) is 10.2. The largest absolute Gasteiger partial charge is 0.494 e. The Morgan fingerprint density at radius 3 is 2.46 bits per heavy atom. The molecule has 2 unspecified atom stereocenters. The molecule has 0 aliphatic carbocycles. The molecule has 1 aromatic heterocycles. The molecule has 2 atom stereocenters. The molecule has 3 N–H and O–H groups in total. The first kappa shape index (κ1) is 40.5. The Bertz CT molecular complexity index is 1880. The minimum atomic E-state index is -0.495. The van der Waals surface area contributed by atoms with E-state index in [4.69, 9.17) is 35.7 Å². The zero-order valence-corrected chi connectivity index (χ0v) is 32.1. The predicted molar refractivity (Wildman–Crippen MR) is 210 cm³/mol. The van der Waals surface area contributed by atoms with Crippen molar-refractivity contribution in [3.63, 3.8) is 0 Å². The Kier molecular flexibility index (Phi) is 14.7. The maximum Gasteiger partial charge on any atom is 0.290 e. The van der Waals surface area contributed by atoms with Crippen LogP contribution in [0.15, 0.2) is 73.1 Å². The van der Waals surface area contributed by atoms with Crippen LogP contribution in [0.1, 0.15) is 80.2 Å². The summed E-state index contributed by atoms with van der Waals surface area (Å²) >= 11 is 6.79. The zero-order chi connectivity index (χ0) is 38.5. The maximum absolute atomic E-state index is 9.77. The molecule has 10 nitrogen and oxygen atoms in total. The van der Waals surface area contributed by atoms with E-state index >= 15 is 0 Å². The minimum Gasteiger partial charge on any atom is -0.494 e. The van der Waals surface area contributed by atoms with Crippen LogP contribution in [0.5, 0.6) is 17.2 Å². The van der Waals surface area contributed by atoms with E-state index in [0.29, 0.717) is 35.2 Å². The number of fused-ring (bicyclic) bond motifs is 2. The summed E-state index contributed by atoms with van der Waals surface area (Å²) in [6, 6.07) is 23.7. The summed E-state index contributed by atoms with van der Waals surface area (Å²) in [6.45, 7) is 8.48. The number of pyridine rings is 1. The number of hydrogen-bond donors (Lipinski definition) is 3. The standard InChI is InChI=1S/C42H49ClN4O4.CH2O2/c1-29-33(9-5-13-38(29)32-8-4-12-37(19-32)49-17-7-16-47-35-10-6-11-36(47)15-14-35)27-51-41-21-40(50-26-31-18-30(22-44)23-45-24-31)34(20-39(41)43)25-46-42(2,3)28-48;2-1-3/h4-5,8-9,12-13,18-21,23-24,35-36,46,48H,6-7,10-11,14-17,25-28H2,1-3H3;1H,(H,2,3). The van der Waals surface area contributed by atoms with Gasteiger partial charge in [-0.1, -0.05) is 48.4 Å². The van der Waals surface area contributed by atoms with E-state index in [1.165, 1.54) is 38.3 Å². The van der Waals surface area contributed by atoms with E-state index in [9.17, 15) is 10.4 Å². The van der Waals surface area contributed by atoms with E-state index in [2.05, 4.69) is 64.6 Å². The molecule has 0 spiro atoms. The summed E-state index contributed by atoms with van der Waals surface area (Å²) in [5.41, 5.74) is 5.96. The van der Waals surface area contributed by atoms with E-state index < -0.39 is 5.54 Å². The highest BCUT2D eigenvalue weighted by molar-refractivity contribution is 6.32. The number of piperidine rings is 1. The first-order valence-corrected chi connectivity index (χ1v) is 19.0. The van der Waals surface area contributed by atoms with Gasteiger partial charge >= 0.3 is 0 Å². The maximum atomic E-state index is 9.77. The Morgan fingerprint density at radius 1 is 0.981 bits per heavy atom. The predicted octanol–water partition coefficient (Wildman–Crippen LogP) is 8.09. The number of rotatable bonds is 16. The second-order valence-corrected chi connectivity index (χ2v) is 14.9. The van der Waals surface area contributed by atoms with Crippen molar-refractivity contribution in [2.45, 2.75) is 96.7 Å². The number of halogens is 1. The number of carbonyl (C=O) groups is 1. The van der Waals surface area contributed by atoms with Crippen LogP contribution in [0.2, 0.25) is 5.02 Å². The van der Waals surface area contributed by atoms with Crippen molar-refractivity contribution >= 4 is 18.1 Å². The number of benzene rings is 3. The molecule has 54 heavy (non-hydrogen) atoms. The summed E-state index contributed by atoms with van der Waals surface area (Å²) in [4.78, 5) is 15.2. The van der Waals surface area contributed by atoms with Crippen molar-refractivity contribution in [2.75, 3.05) is 19.8 Å². The number of nitrogens with zero attached hydrogens (tertiary/aromatic N) is 3. The van der Waals surface area contributed by atoms with Gasteiger partial charge in [-0.15, -0.1) is 0 Å². The Labute approximate surface area is 323 Å². The van der Waals surface area contributed by atoms with Crippen molar-refractivity contribution in [2.24, 2.45) is 0 Å². The van der Waals surface area contributed by atoms with Crippen LogP contribution in [-0.4, -0.2) is 64.0 Å². The molecule has 2 saturated heterocycles. The summed E-state index contributed by atoms with van der Waals surface area (Å²) in [5, 5.41) is 29.8. The molecule has 2 aliphatic heterocycles. The lowest BCUT2D eigenvalue weighted by atomic mass is 9.96. The molecule has 0 amide bonds. The second kappa shape index (κ2) is 19.6. The highest BCUT2D eigenvalue weighted by Gasteiger charge is 2.35. The Morgan fingerprint density at radius 2 is 1.72 bits per heavy atom. The van der Waals surface area contributed by atoms with Crippen LogP contribution in [0.4, 0.5) is 0 Å². The van der Waals surface area contributed by atoms with Gasteiger partial charge in [-0.2, -0.15) is 5.26 Å². The van der Waals surface area contributed by atoms with Crippen molar-refractivity contribution in [1.82, 2.24) is 15.2 Å². The smallest absolute Gasteiger partial charge is 0.290 e. The SMILES string of the molecule is Cc1c(COc2cc(OCc3cncc(C#N)c3)c(CNC(C)(C)CO)cc2Cl)cccc1-c1cccc(OCCCN2C3CCCC2CC3)c1.O=CO. The molecular weight excluding hydrogens is 704 g/mol. The molecule has 0 saturated carbocycles. The highest BCUT2D eigenvalue weighted by atomic mass is 35.5. The topological polar surface area (TPSA) is 137 Å². The molecule has 3 heterocycles. The molecule has 2 bridgehead atoms. The van der Waals surface area contributed by atoms with E-state index in [1.807, 2.05) is 32.0 Å². The lowest BCUT2D eigenvalue weighted by Gasteiger charge is -2.34. The van der Waals surface area contributed by atoms with Crippen molar-refractivity contribution in [1.29, 1.82) is 5.26 Å². The van der Waals surface area contributed by atoms with Crippen LogP contribution in [0, 0.1) is 18.3 Å². The van der Waals surface area contributed by atoms with Gasteiger partial charge in [-0.3, -0.25) is 14.7 Å². The number of aliphatic hydroxyl groups is 1. The normalized spacial score (nSPS) is 16.5. The first-order valence-electron chi connectivity index (χ1n) is 18.6. The van der Waals surface area contributed by atoms with Crippen LogP contribution in [0.25, 0.3) is 11.1 Å². The molecule has 4 aromatic rings. The van der Waals surface area contributed by atoms with Crippen molar-refractivity contribution in [3.8, 4) is 34.4 Å². The number of aliphatic hydroxyl groups excluding tert-OH is 1. The summed E-state index contributed by atoms with van der Waals surface area (Å²) in [7, 11) is 0. The minimum absolute atomic E-state index is 0.0278. The van der Waals surface area contributed by atoms with Gasteiger partial charge < -0.3 is 29.7 Å². The quantitative estimate of drug-likeness (QED) is 0.0761. The molecule has 2 aliphatic rings. The van der Waals surface area contributed by atoms with Crippen LogP contribution in [0.3, 0.4) is 0 Å². The van der Waals surface area contributed by atoms with Gasteiger partial charge in [0.2, 0.25) is 0 Å². The first-order chi connectivity index (χ1) is 26.1. The van der Waals surface area contributed by atoms with Gasteiger partial charge in [-0.05, 0) is 99.4 Å². The lowest BCUT2D eigenvalue weighted by Crippen LogP contribution is -2.42. The highest BCUT2D eigenvalue weighted by Crippen LogP contribution is 2.37. The van der Waals surface area contributed by atoms with Crippen LogP contribution < -0.4 is 19.5 Å². The molecule has 286 valence electrons.